The van der Waals surface area contributed by atoms with Gasteiger partial charge in [0.1, 0.15) is 0 Å². The van der Waals surface area contributed by atoms with E-state index in [4.69, 9.17) is 4.74 Å². The van der Waals surface area contributed by atoms with Crippen molar-refractivity contribution in [3.8, 4) is 0 Å². The zero-order chi connectivity index (χ0) is 11.8. The molecule has 1 aliphatic carbocycles. The molecule has 0 aromatic rings. The summed E-state index contributed by atoms with van der Waals surface area (Å²) in [4.78, 5) is 0. The zero-order valence-electron chi connectivity index (χ0n) is 11.3. The van der Waals surface area contributed by atoms with Crippen LogP contribution in [0.4, 0.5) is 0 Å². The van der Waals surface area contributed by atoms with Gasteiger partial charge in [0.15, 0.2) is 0 Å². The molecule has 1 unspecified atom stereocenters. The number of nitrogens with one attached hydrogen (secondary N) is 1. The van der Waals surface area contributed by atoms with Crippen LogP contribution in [0.25, 0.3) is 0 Å². The van der Waals surface area contributed by atoms with Crippen LogP contribution in [0.3, 0.4) is 0 Å². The van der Waals surface area contributed by atoms with E-state index in [-0.39, 0.29) is 0 Å². The normalized spacial score (nSPS) is 18.0. The van der Waals surface area contributed by atoms with Gasteiger partial charge in [0.05, 0.1) is 0 Å². The summed E-state index contributed by atoms with van der Waals surface area (Å²) in [6, 6.07) is 0.721. The molecular weight excluding hydrogens is 198 g/mol. The fourth-order valence-corrected chi connectivity index (χ4v) is 1.96. The molecule has 2 nitrogen and oxygen atoms in total. The molecule has 0 heterocycles. The first-order valence-electron chi connectivity index (χ1n) is 7.05. The lowest BCUT2D eigenvalue weighted by Gasteiger charge is -2.18. The largest absolute Gasteiger partial charge is 0.381 e. The third kappa shape index (κ3) is 6.49. The van der Waals surface area contributed by atoms with Gasteiger partial charge in [-0.05, 0) is 50.5 Å². The lowest BCUT2D eigenvalue weighted by atomic mass is 10.1. The van der Waals surface area contributed by atoms with E-state index in [0.717, 1.165) is 37.6 Å². The molecular formula is C14H29NO. The predicted molar refractivity (Wildman–Crippen MR) is 69.7 cm³/mol. The van der Waals surface area contributed by atoms with Gasteiger partial charge in [0.2, 0.25) is 0 Å². The van der Waals surface area contributed by atoms with Crippen LogP contribution >= 0.6 is 0 Å². The average molecular weight is 227 g/mol. The predicted octanol–water partition coefficient (Wildman–Crippen LogP) is 3.22. The lowest BCUT2D eigenvalue weighted by molar-refractivity contribution is 0.112. The van der Waals surface area contributed by atoms with Gasteiger partial charge in [-0.3, -0.25) is 0 Å². The minimum Gasteiger partial charge on any atom is -0.381 e. The zero-order valence-corrected chi connectivity index (χ0v) is 11.3. The second-order valence-electron chi connectivity index (χ2n) is 5.48. The van der Waals surface area contributed by atoms with Crippen molar-refractivity contribution in [2.45, 2.75) is 58.9 Å². The van der Waals surface area contributed by atoms with Gasteiger partial charge >= 0.3 is 0 Å². The molecule has 0 saturated heterocycles. The Hall–Kier alpha value is -0.0800. The van der Waals surface area contributed by atoms with Crippen LogP contribution in [-0.2, 0) is 4.74 Å². The molecule has 0 aliphatic heterocycles. The standard InChI is InChI=1S/C14H29NO/c1-4-9-15-14(13-5-6-13)8-11-16-10-7-12(2)3/h12-15H,4-11H2,1-3H3. The molecule has 0 bridgehead atoms. The van der Waals surface area contributed by atoms with E-state index in [1.165, 1.54) is 32.1 Å². The Balaban J connectivity index is 1.99. The van der Waals surface area contributed by atoms with Crippen molar-refractivity contribution in [2.24, 2.45) is 11.8 Å². The molecule has 0 spiro atoms. The van der Waals surface area contributed by atoms with E-state index in [1.54, 1.807) is 0 Å². The summed E-state index contributed by atoms with van der Waals surface area (Å²) >= 11 is 0. The van der Waals surface area contributed by atoms with Crippen LogP contribution in [0.5, 0.6) is 0 Å². The van der Waals surface area contributed by atoms with Crippen LogP contribution in [0.2, 0.25) is 0 Å². The highest BCUT2D eigenvalue weighted by molar-refractivity contribution is 4.86. The first kappa shape index (κ1) is 14.0. The van der Waals surface area contributed by atoms with Gasteiger partial charge in [-0.15, -0.1) is 0 Å². The van der Waals surface area contributed by atoms with E-state index in [0.29, 0.717) is 0 Å². The Morgan fingerprint density at radius 2 is 1.88 bits per heavy atom. The molecule has 0 aromatic heterocycles. The third-order valence-electron chi connectivity index (χ3n) is 3.26. The minimum atomic E-state index is 0.721. The van der Waals surface area contributed by atoms with Crippen molar-refractivity contribution in [3.05, 3.63) is 0 Å². The molecule has 1 saturated carbocycles. The second kappa shape index (κ2) is 8.08. The maximum atomic E-state index is 5.69. The molecule has 1 fully saturated rings. The first-order valence-corrected chi connectivity index (χ1v) is 7.05. The van der Waals surface area contributed by atoms with Gasteiger partial charge < -0.3 is 10.1 Å². The summed E-state index contributed by atoms with van der Waals surface area (Å²) in [7, 11) is 0. The highest BCUT2D eigenvalue weighted by atomic mass is 16.5. The summed E-state index contributed by atoms with van der Waals surface area (Å²) < 4.78 is 5.69. The van der Waals surface area contributed by atoms with Crippen molar-refractivity contribution in [1.29, 1.82) is 0 Å². The summed E-state index contributed by atoms with van der Waals surface area (Å²) in [6.45, 7) is 9.76. The highest BCUT2D eigenvalue weighted by Gasteiger charge is 2.30. The molecule has 96 valence electrons. The average Bonchev–Trinajstić information content (AvgIpc) is 3.05. The molecule has 1 N–H and O–H groups in total. The van der Waals surface area contributed by atoms with Crippen molar-refractivity contribution in [1.82, 2.24) is 5.32 Å². The second-order valence-corrected chi connectivity index (χ2v) is 5.48. The van der Waals surface area contributed by atoms with Crippen molar-refractivity contribution >= 4 is 0 Å². The van der Waals surface area contributed by atoms with Crippen LogP contribution in [0, 0.1) is 11.8 Å². The fourth-order valence-electron chi connectivity index (χ4n) is 1.96. The van der Waals surface area contributed by atoms with Gasteiger partial charge in [-0.1, -0.05) is 20.8 Å². The summed E-state index contributed by atoms with van der Waals surface area (Å²) in [5.74, 6) is 1.71. The topological polar surface area (TPSA) is 21.3 Å². The summed E-state index contributed by atoms with van der Waals surface area (Å²) in [5, 5.41) is 3.65. The maximum absolute atomic E-state index is 5.69. The Bertz CT molecular complexity index is 166. The Morgan fingerprint density at radius 3 is 2.44 bits per heavy atom. The van der Waals surface area contributed by atoms with Crippen LogP contribution in [0.1, 0.15) is 52.9 Å². The molecule has 1 rings (SSSR count). The monoisotopic (exact) mass is 227 g/mol. The van der Waals surface area contributed by atoms with Gasteiger partial charge in [-0.2, -0.15) is 0 Å². The van der Waals surface area contributed by atoms with E-state index >= 15 is 0 Å². The van der Waals surface area contributed by atoms with E-state index in [1.807, 2.05) is 0 Å². The highest BCUT2D eigenvalue weighted by Crippen LogP contribution is 2.33. The molecule has 1 aliphatic rings. The third-order valence-corrected chi connectivity index (χ3v) is 3.26. The first-order chi connectivity index (χ1) is 7.74. The van der Waals surface area contributed by atoms with Gasteiger partial charge in [0, 0.05) is 19.3 Å². The van der Waals surface area contributed by atoms with E-state index in [9.17, 15) is 0 Å². The summed E-state index contributed by atoms with van der Waals surface area (Å²) in [5.41, 5.74) is 0. The van der Waals surface area contributed by atoms with Crippen LogP contribution in [-0.4, -0.2) is 25.8 Å². The molecule has 1 atom stereocenters. The van der Waals surface area contributed by atoms with Crippen molar-refractivity contribution < 1.29 is 4.74 Å². The van der Waals surface area contributed by atoms with Crippen molar-refractivity contribution in [2.75, 3.05) is 19.8 Å². The van der Waals surface area contributed by atoms with Gasteiger partial charge in [-0.25, -0.2) is 0 Å². The number of rotatable bonds is 10. The summed E-state index contributed by atoms with van der Waals surface area (Å²) in [6.07, 6.45) is 6.47. The SMILES string of the molecule is CCCNC(CCOCCC(C)C)C1CC1. The maximum Gasteiger partial charge on any atom is 0.0480 e. The van der Waals surface area contributed by atoms with E-state index in [2.05, 4.69) is 26.1 Å². The minimum absolute atomic E-state index is 0.721. The van der Waals surface area contributed by atoms with E-state index < -0.39 is 0 Å². The molecule has 0 aromatic carbocycles. The van der Waals surface area contributed by atoms with Crippen LogP contribution < -0.4 is 5.32 Å². The van der Waals surface area contributed by atoms with Crippen molar-refractivity contribution in [3.63, 3.8) is 0 Å². The Morgan fingerprint density at radius 1 is 1.19 bits per heavy atom. The Kier molecular flexibility index (Phi) is 7.06. The molecule has 2 heteroatoms. The molecule has 16 heavy (non-hydrogen) atoms. The molecule has 0 radical (unpaired) electrons. The smallest absolute Gasteiger partial charge is 0.0480 e. The molecule has 0 amide bonds. The number of hydrogen-bond donors (Lipinski definition) is 1. The van der Waals surface area contributed by atoms with Crippen LogP contribution in [0.15, 0.2) is 0 Å². The Labute approximate surface area is 101 Å². The van der Waals surface area contributed by atoms with Gasteiger partial charge in [0.25, 0.3) is 0 Å². The fraction of sp³-hybridized carbons (Fsp3) is 1.00. The number of hydrogen-bond acceptors (Lipinski definition) is 2. The quantitative estimate of drug-likeness (QED) is 0.579. The number of ether oxygens (including phenoxy) is 1. The lowest BCUT2D eigenvalue weighted by Crippen LogP contribution is -2.32.